The molecule has 0 amide bonds. The van der Waals surface area contributed by atoms with Crippen molar-refractivity contribution in [2.45, 2.75) is 28.2 Å². The van der Waals surface area contributed by atoms with Crippen LogP contribution in [0, 0.1) is 11.8 Å². The lowest BCUT2D eigenvalue weighted by atomic mass is 9.52. The van der Waals surface area contributed by atoms with Gasteiger partial charge in [-0.1, -0.05) is 92.8 Å². The van der Waals surface area contributed by atoms with Gasteiger partial charge in [0.1, 0.15) is 19.5 Å². The second-order valence-corrected chi connectivity index (χ2v) is 12.8. The standard InChI is InChI=1S/C12H2Cl12/c13-3-4(14)9(19)2-1(8(3,18)12(9,23)24)7(17)5(15)6(16)11(21,22)10(2,7)20/h1-2H/t1-,2-,7-,8+,9+,10+/m1/s1. The summed E-state index contributed by atoms with van der Waals surface area (Å²) in [6, 6.07) is 0. The Kier molecular flexibility index (Phi) is 4.20. The molecule has 2 bridgehead atoms. The van der Waals surface area contributed by atoms with Crippen LogP contribution < -0.4 is 0 Å². The third kappa shape index (κ3) is 1.46. The molecule has 0 radical (unpaired) electrons. The molecular formula is C12H2Cl12. The monoisotopic (exact) mass is 566 g/mol. The highest BCUT2D eigenvalue weighted by Gasteiger charge is 2.99. The lowest BCUT2D eigenvalue weighted by molar-refractivity contribution is 0.0642. The van der Waals surface area contributed by atoms with Crippen LogP contribution >= 0.6 is 139 Å². The van der Waals surface area contributed by atoms with Gasteiger partial charge in [-0.3, -0.25) is 0 Å². The predicted molar refractivity (Wildman–Crippen MR) is 108 cm³/mol. The zero-order chi connectivity index (χ0) is 18.5. The normalized spacial score (nSPS) is 56.5. The molecule has 0 spiro atoms. The summed E-state index contributed by atoms with van der Waals surface area (Å²) < 4.78 is -3.70. The van der Waals surface area contributed by atoms with Gasteiger partial charge in [0.05, 0.1) is 20.1 Å². The van der Waals surface area contributed by atoms with E-state index in [1.54, 1.807) is 0 Å². The summed E-state index contributed by atoms with van der Waals surface area (Å²) >= 11 is 78.3. The Bertz CT molecular complexity index is 768. The molecule has 0 nitrogen and oxygen atoms in total. The zero-order valence-corrected chi connectivity index (χ0v) is 19.8. The Labute approximate surface area is 197 Å². The molecule has 4 aliphatic rings. The fraction of sp³-hybridized carbons (Fsp3) is 0.667. The molecule has 4 aliphatic carbocycles. The average Bonchev–Trinajstić information content (AvgIpc) is 2.73. The van der Waals surface area contributed by atoms with Gasteiger partial charge in [-0.25, -0.2) is 0 Å². The van der Waals surface area contributed by atoms with Crippen molar-refractivity contribution in [1.29, 1.82) is 0 Å². The van der Waals surface area contributed by atoms with Crippen molar-refractivity contribution in [3.8, 4) is 0 Å². The minimum Gasteiger partial charge on any atom is -0.113 e. The van der Waals surface area contributed by atoms with Crippen LogP contribution in [0.25, 0.3) is 0 Å². The summed E-state index contributed by atoms with van der Waals surface area (Å²) in [4.78, 5) is -6.55. The molecule has 12 heteroatoms. The number of hydrogen-bond donors (Lipinski definition) is 0. The first kappa shape index (κ1) is 20.2. The summed E-state index contributed by atoms with van der Waals surface area (Å²) in [6.07, 6.45) is 0. The molecule has 6 atom stereocenters. The number of alkyl halides is 8. The van der Waals surface area contributed by atoms with Crippen LogP contribution in [0.15, 0.2) is 20.1 Å². The minimum atomic E-state index is -1.86. The highest BCUT2D eigenvalue weighted by molar-refractivity contribution is 6.70. The van der Waals surface area contributed by atoms with Crippen molar-refractivity contribution < 1.29 is 0 Å². The first-order valence-corrected chi connectivity index (χ1v) is 10.8. The van der Waals surface area contributed by atoms with Gasteiger partial charge in [-0.15, -0.1) is 46.4 Å². The number of allylic oxidation sites excluding steroid dienone is 4. The SMILES string of the molecule is ClC1=C(Cl)[C@]2(Cl)[C@H]3[C@H]([C@]4(Cl)C(Cl)=C(Cl)[C@]3(Cl)C4(Cl)Cl)[C@@]2(Cl)C1(Cl)Cl. The van der Waals surface area contributed by atoms with Crippen LogP contribution in [0.3, 0.4) is 0 Å². The van der Waals surface area contributed by atoms with Crippen LogP contribution in [0.2, 0.25) is 0 Å². The number of hydrogen-bond acceptors (Lipinski definition) is 0. The molecule has 0 aromatic heterocycles. The van der Waals surface area contributed by atoms with Crippen molar-refractivity contribution in [1.82, 2.24) is 0 Å². The second kappa shape index (κ2) is 4.98. The van der Waals surface area contributed by atoms with Crippen LogP contribution in [0.1, 0.15) is 0 Å². The van der Waals surface area contributed by atoms with Gasteiger partial charge >= 0.3 is 0 Å². The number of fused-ring (bicyclic) bond motifs is 8. The van der Waals surface area contributed by atoms with E-state index < -0.39 is 40.0 Å². The molecule has 0 unspecified atom stereocenters. The van der Waals surface area contributed by atoms with Gasteiger partial charge in [0.25, 0.3) is 0 Å². The molecule has 2 fully saturated rings. The van der Waals surface area contributed by atoms with Gasteiger partial charge in [0.15, 0.2) is 8.67 Å². The quantitative estimate of drug-likeness (QED) is 0.259. The average molecular weight is 572 g/mol. The third-order valence-electron chi connectivity index (χ3n) is 5.57. The maximum Gasteiger partial charge on any atom is 0.176 e. The Hall–Kier alpha value is 2.96. The zero-order valence-electron chi connectivity index (χ0n) is 10.7. The van der Waals surface area contributed by atoms with Crippen molar-refractivity contribution in [2.75, 3.05) is 0 Å². The van der Waals surface area contributed by atoms with Crippen molar-refractivity contribution in [3.05, 3.63) is 20.1 Å². The summed E-state index contributed by atoms with van der Waals surface area (Å²) in [6.45, 7) is 0. The van der Waals surface area contributed by atoms with E-state index in [1.165, 1.54) is 0 Å². The van der Waals surface area contributed by atoms with Crippen molar-refractivity contribution >= 4 is 139 Å². The van der Waals surface area contributed by atoms with E-state index in [2.05, 4.69) is 0 Å². The van der Waals surface area contributed by atoms with E-state index >= 15 is 0 Å². The number of halogens is 12. The van der Waals surface area contributed by atoms with Crippen molar-refractivity contribution in [2.24, 2.45) is 11.8 Å². The summed E-state index contributed by atoms with van der Waals surface area (Å²) in [7, 11) is 0. The minimum absolute atomic E-state index is 0.0203. The molecule has 0 saturated heterocycles. The molecule has 24 heavy (non-hydrogen) atoms. The fourth-order valence-corrected chi connectivity index (χ4v) is 10.7. The van der Waals surface area contributed by atoms with E-state index in [0.29, 0.717) is 0 Å². The third-order valence-corrected chi connectivity index (χ3v) is 14.0. The van der Waals surface area contributed by atoms with E-state index in [4.69, 9.17) is 139 Å². The second-order valence-electron chi connectivity index (χ2n) is 6.21. The maximum absolute atomic E-state index is 6.82. The van der Waals surface area contributed by atoms with Crippen LogP contribution in [-0.4, -0.2) is 28.2 Å². The first-order chi connectivity index (χ1) is 10.6. The summed E-state index contributed by atoms with van der Waals surface area (Å²) in [5.74, 6) is -1.66. The largest absolute Gasteiger partial charge is 0.176 e. The van der Waals surface area contributed by atoms with Gasteiger partial charge in [0.2, 0.25) is 0 Å². The Morgan fingerprint density at radius 2 is 0.875 bits per heavy atom. The molecule has 4 rings (SSSR count). The highest BCUT2D eigenvalue weighted by atomic mass is 35.5. The van der Waals surface area contributed by atoms with E-state index in [-0.39, 0.29) is 20.1 Å². The molecule has 0 aliphatic heterocycles. The van der Waals surface area contributed by atoms with E-state index in [1.807, 2.05) is 0 Å². The van der Waals surface area contributed by atoms with Crippen LogP contribution in [0.4, 0.5) is 0 Å². The van der Waals surface area contributed by atoms with Gasteiger partial charge in [-0.05, 0) is 0 Å². The predicted octanol–water partition coefficient (Wildman–Crippen LogP) is 7.91. The molecule has 134 valence electrons. The molecule has 0 aromatic rings. The smallest absolute Gasteiger partial charge is 0.113 e. The summed E-state index contributed by atoms with van der Waals surface area (Å²) in [5, 5.41) is -0.222. The first-order valence-electron chi connectivity index (χ1n) is 6.26. The van der Waals surface area contributed by atoms with E-state index in [9.17, 15) is 0 Å². The maximum atomic E-state index is 6.82. The molecule has 0 N–H and O–H groups in total. The topological polar surface area (TPSA) is 0 Å². The molecule has 0 aromatic carbocycles. The Morgan fingerprint density at radius 3 is 1.33 bits per heavy atom. The molecule has 0 heterocycles. The van der Waals surface area contributed by atoms with Gasteiger partial charge in [0, 0.05) is 11.8 Å². The molecule has 2 saturated carbocycles. The van der Waals surface area contributed by atoms with Crippen molar-refractivity contribution in [3.63, 3.8) is 0 Å². The van der Waals surface area contributed by atoms with Gasteiger partial charge in [-0.2, -0.15) is 0 Å². The summed E-state index contributed by atoms with van der Waals surface area (Å²) in [5.41, 5.74) is 0. The Morgan fingerprint density at radius 1 is 0.500 bits per heavy atom. The highest BCUT2D eigenvalue weighted by Crippen LogP contribution is 2.91. The lowest BCUT2D eigenvalue weighted by Gasteiger charge is -2.65. The molecular weight excluding hydrogens is 570 g/mol. The Balaban J connectivity index is 2.09. The van der Waals surface area contributed by atoms with Gasteiger partial charge < -0.3 is 0 Å². The van der Waals surface area contributed by atoms with Crippen LogP contribution in [0.5, 0.6) is 0 Å². The van der Waals surface area contributed by atoms with E-state index in [0.717, 1.165) is 0 Å². The van der Waals surface area contributed by atoms with Crippen LogP contribution in [-0.2, 0) is 0 Å². The fourth-order valence-electron chi connectivity index (χ4n) is 4.52. The lowest BCUT2D eigenvalue weighted by Crippen LogP contribution is -2.78. The number of rotatable bonds is 0.